The molecule has 0 amide bonds. The van der Waals surface area contributed by atoms with Crippen molar-refractivity contribution in [3.05, 3.63) is 64.1 Å². The molecule has 3 aromatic rings. The van der Waals surface area contributed by atoms with E-state index >= 15 is 0 Å². The Bertz CT molecular complexity index is 811. The van der Waals surface area contributed by atoms with Gasteiger partial charge in [-0.15, -0.1) is 0 Å². The second-order valence-corrected chi connectivity index (χ2v) is 5.60. The number of benzene rings is 1. The van der Waals surface area contributed by atoms with Crippen LogP contribution in [0.25, 0.3) is 5.52 Å². The highest BCUT2D eigenvalue weighted by Gasteiger charge is 2.11. The molecule has 0 saturated heterocycles. The summed E-state index contributed by atoms with van der Waals surface area (Å²) in [5, 5.41) is 0. The van der Waals surface area contributed by atoms with Crippen LogP contribution in [0.1, 0.15) is 21.9 Å². The molecule has 21 heavy (non-hydrogen) atoms. The number of nitrogens with zero attached hydrogens (tertiary/aromatic N) is 2. The van der Waals surface area contributed by atoms with Crippen LogP contribution < -0.4 is 4.74 Å². The second-order valence-electron chi connectivity index (χ2n) is 4.69. The number of aldehydes is 1. The summed E-state index contributed by atoms with van der Waals surface area (Å²) in [5.41, 5.74) is 2.25. The highest BCUT2D eigenvalue weighted by molar-refractivity contribution is 9.10. The molecule has 3 rings (SSSR count). The molecule has 2 heterocycles. The highest BCUT2D eigenvalue weighted by Crippen LogP contribution is 2.20. The molecule has 0 N–H and O–H groups in total. The summed E-state index contributed by atoms with van der Waals surface area (Å²) in [4.78, 5) is 15.5. The molecule has 0 bridgehead atoms. The normalized spacial score (nSPS) is 10.8. The Balaban J connectivity index is 1.94. The number of aryl methyl sites for hydroxylation is 1. The van der Waals surface area contributed by atoms with Gasteiger partial charge >= 0.3 is 0 Å². The smallest absolute Gasteiger partial charge is 0.170 e. The molecule has 0 unspecified atom stereocenters. The van der Waals surface area contributed by atoms with Crippen molar-refractivity contribution < 1.29 is 9.53 Å². The molecule has 4 nitrogen and oxygen atoms in total. The lowest BCUT2D eigenvalue weighted by atomic mass is 10.2. The minimum atomic E-state index is 0.307. The molecule has 0 saturated carbocycles. The zero-order valence-corrected chi connectivity index (χ0v) is 13.0. The van der Waals surface area contributed by atoms with Crippen molar-refractivity contribution in [3.63, 3.8) is 0 Å². The third-order valence-electron chi connectivity index (χ3n) is 3.27. The van der Waals surface area contributed by atoms with Crippen molar-refractivity contribution in [3.8, 4) is 5.75 Å². The van der Waals surface area contributed by atoms with E-state index in [1.807, 2.05) is 53.9 Å². The summed E-state index contributed by atoms with van der Waals surface area (Å²) in [7, 11) is 0. The van der Waals surface area contributed by atoms with Crippen molar-refractivity contribution in [2.24, 2.45) is 0 Å². The van der Waals surface area contributed by atoms with Crippen LogP contribution in [-0.2, 0) is 6.61 Å². The summed E-state index contributed by atoms with van der Waals surface area (Å²) in [6, 6.07) is 11.6. The Morgan fingerprint density at radius 3 is 2.90 bits per heavy atom. The van der Waals surface area contributed by atoms with Gasteiger partial charge in [0.2, 0.25) is 0 Å². The topological polar surface area (TPSA) is 43.6 Å². The maximum atomic E-state index is 11.1. The minimum Gasteiger partial charge on any atom is -0.485 e. The Labute approximate surface area is 130 Å². The van der Waals surface area contributed by atoms with E-state index in [-0.39, 0.29) is 0 Å². The fourth-order valence-electron chi connectivity index (χ4n) is 2.20. The number of carbonyl (C=O) groups is 1. The number of para-hydroxylation sites is 1. The van der Waals surface area contributed by atoms with Crippen LogP contribution in [0.3, 0.4) is 0 Å². The average molecular weight is 345 g/mol. The van der Waals surface area contributed by atoms with Crippen LogP contribution >= 0.6 is 15.9 Å². The summed E-state index contributed by atoms with van der Waals surface area (Å²) in [6.07, 6.45) is 2.63. The monoisotopic (exact) mass is 344 g/mol. The highest BCUT2D eigenvalue weighted by atomic mass is 79.9. The van der Waals surface area contributed by atoms with E-state index in [2.05, 4.69) is 20.9 Å². The van der Waals surface area contributed by atoms with Crippen LogP contribution in [0.15, 0.2) is 47.1 Å². The van der Waals surface area contributed by atoms with Crippen LogP contribution in [0, 0.1) is 6.92 Å². The zero-order chi connectivity index (χ0) is 14.8. The van der Waals surface area contributed by atoms with Gasteiger partial charge in [-0.05, 0) is 30.7 Å². The van der Waals surface area contributed by atoms with Crippen molar-refractivity contribution in [1.82, 2.24) is 9.38 Å². The Morgan fingerprint density at radius 1 is 1.33 bits per heavy atom. The first-order chi connectivity index (χ1) is 10.2. The molecule has 0 aliphatic rings. The van der Waals surface area contributed by atoms with E-state index in [1.54, 1.807) is 0 Å². The van der Waals surface area contributed by atoms with Crippen LogP contribution in [-0.4, -0.2) is 15.7 Å². The fourth-order valence-corrected chi connectivity index (χ4v) is 2.53. The number of carbonyl (C=O) groups excluding carboxylic acids is 1. The predicted octanol–water partition coefficient (Wildman–Crippen LogP) is 3.80. The van der Waals surface area contributed by atoms with E-state index in [1.165, 1.54) is 0 Å². The fraction of sp³-hybridized carbons (Fsp3) is 0.125. The lowest BCUT2D eigenvalue weighted by molar-refractivity contribution is 0.112. The molecule has 2 aromatic heterocycles. The number of ether oxygens (including phenoxy) is 1. The summed E-state index contributed by atoms with van der Waals surface area (Å²) in [6.45, 7) is 2.30. The van der Waals surface area contributed by atoms with Crippen LogP contribution in [0.4, 0.5) is 0 Å². The quantitative estimate of drug-likeness (QED) is 0.676. The maximum absolute atomic E-state index is 11.1. The Morgan fingerprint density at radius 2 is 2.14 bits per heavy atom. The van der Waals surface area contributed by atoms with Gasteiger partial charge in [0.15, 0.2) is 12.1 Å². The van der Waals surface area contributed by atoms with Crippen LogP contribution in [0.2, 0.25) is 0 Å². The van der Waals surface area contributed by atoms with E-state index in [0.29, 0.717) is 18.1 Å². The summed E-state index contributed by atoms with van der Waals surface area (Å²) < 4.78 is 8.58. The van der Waals surface area contributed by atoms with Gasteiger partial charge in [-0.2, -0.15) is 0 Å². The van der Waals surface area contributed by atoms with E-state index in [4.69, 9.17) is 4.74 Å². The largest absolute Gasteiger partial charge is 0.485 e. The second kappa shape index (κ2) is 5.69. The molecule has 0 atom stereocenters. The number of fused-ring (bicyclic) bond motifs is 1. The third-order valence-corrected chi connectivity index (χ3v) is 3.76. The summed E-state index contributed by atoms with van der Waals surface area (Å²) >= 11 is 3.40. The van der Waals surface area contributed by atoms with E-state index in [9.17, 15) is 4.79 Å². The van der Waals surface area contributed by atoms with E-state index in [0.717, 1.165) is 27.6 Å². The molecular formula is C16H13BrN2O2. The molecule has 0 fully saturated rings. The average Bonchev–Trinajstić information content (AvgIpc) is 2.83. The first-order valence-corrected chi connectivity index (χ1v) is 7.28. The molecule has 0 spiro atoms. The number of aromatic nitrogens is 2. The molecule has 5 heteroatoms. The van der Waals surface area contributed by atoms with Gasteiger partial charge in [0.25, 0.3) is 0 Å². The van der Waals surface area contributed by atoms with Crippen molar-refractivity contribution in [2.45, 2.75) is 13.5 Å². The number of halogens is 1. The Hall–Kier alpha value is -2.14. The molecule has 0 aliphatic carbocycles. The van der Waals surface area contributed by atoms with Gasteiger partial charge < -0.3 is 9.14 Å². The number of pyridine rings is 1. The SMILES string of the molecule is Cc1ccccc1OCc1nc(C=O)c2cc(Br)ccn12. The van der Waals surface area contributed by atoms with Gasteiger partial charge in [0.1, 0.15) is 18.1 Å². The van der Waals surface area contributed by atoms with Crippen molar-refractivity contribution >= 4 is 27.7 Å². The Kier molecular flexibility index (Phi) is 3.75. The number of hydrogen-bond donors (Lipinski definition) is 0. The number of rotatable bonds is 4. The van der Waals surface area contributed by atoms with Crippen molar-refractivity contribution in [1.29, 1.82) is 0 Å². The first-order valence-electron chi connectivity index (χ1n) is 6.49. The van der Waals surface area contributed by atoms with Gasteiger partial charge in [-0.1, -0.05) is 34.1 Å². The molecule has 0 radical (unpaired) electrons. The van der Waals surface area contributed by atoms with Crippen LogP contribution in [0.5, 0.6) is 5.75 Å². The molecular weight excluding hydrogens is 332 g/mol. The van der Waals surface area contributed by atoms with Gasteiger partial charge in [-0.25, -0.2) is 4.98 Å². The molecule has 1 aromatic carbocycles. The molecule has 106 valence electrons. The van der Waals surface area contributed by atoms with Crippen molar-refractivity contribution in [2.75, 3.05) is 0 Å². The maximum Gasteiger partial charge on any atom is 0.170 e. The lowest BCUT2D eigenvalue weighted by Crippen LogP contribution is -2.02. The zero-order valence-electron chi connectivity index (χ0n) is 11.4. The third kappa shape index (κ3) is 2.69. The minimum absolute atomic E-state index is 0.307. The van der Waals surface area contributed by atoms with Gasteiger partial charge in [0, 0.05) is 10.7 Å². The number of imidazole rings is 1. The first kappa shape index (κ1) is 13.8. The van der Waals surface area contributed by atoms with Gasteiger partial charge in [0.05, 0.1) is 5.52 Å². The number of hydrogen-bond acceptors (Lipinski definition) is 3. The lowest BCUT2D eigenvalue weighted by Gasteiger charge is -2.08. The molecule has 0 aliphatic heterocycles. The van der Waals surface area contributed by atoms with Gasteiger partial charge in [-0.3, -0.25) is 4.79 Å². The summed E-state index contributed by atoms with van der Waals surface area (Å²) in [5.74, 6) is 1.52. The predicted molar refractivity (Wildman–Crippen MR) is 83.8 cm³/mol. The van der Waals surface area contributed by atoms with E-state index < -0.39 is 0 Å². The standard InChI is InChI=1S/C16H13BrN2O2/c1-11-4-2-3-5-15(11)21-10-16-18-13(9-20)14-8-12(17)6-7-19(14)16/h2-9H,10H2,1H3.